The van der Waals surface area contributed by atoms with E-state index in [1.54, 1.807) is 6.07 Å². The van der Waals surface area contributed by atoms with Crippen LogP contribution in [-0.2, 0) is 0 Å². The number of carbonyl (C=O) groups excluding carboxylic acids is 1. The van der Waals surface area contributed by atoms with Gasteiger partial charge < -0.3 is 9.73 Å². The summed E-state index contributed by atoms with van der Waals surface area (Å²) in [7, 11) is 0. The molecule has 1 aromatic rings. The first kappa shape index (κ1) is 9.77. The number of hydrogen-bond donors (Lipinski definition) is 1. The predicted octanol–water partition coefficient (Wildman–Crippen LogP) is 2.57. The van der Waals surface area contributed by atoms with Crippen molar-refractivity contribution in [1.29, 1.82) is 0 Å². The lowest BCUT2D eigenvalue weighted by atomic mass is 9.82. The molecule has 76 valence electrons. The van der Waals surface area contributed by atoms with Crippen LogP contribution in [0.15, 0.2) is 21.4 Å². The van der Waals surface area contributed by atoms with Gasteiger partial charge in [0.05, 0.1) is 11.8 Å². The van der Waals surface area contributed by atoms with Crippen LogP contribution in [0.4, 0.5) is 0 Å². The van der Waals surface area contributed by atoms with Crippen molar-refractivity contribution in [2.75, 3.05) is 0 Å². The summed E-state index contributed by atoms with van der Waals surface area (Å²) in [6, 6.07) is 2.01. The average Bonchev–Trinajstić information content (AvgIpc) is 2.48. The Bertz CT molecular complexity index is 342. The molecular formula is C10H12BrNO2. The SMILES string of the molecule is CC1CC(NC(=O)c2ccoc2Br)C1. The van der Waals surface area contributed by atoms with Crippen LogP contribution < -0.4 is 5.32 Å². The Labute approximate surface area is 91.0 Å². The van der Waals surface area contributed by atoms with Gasteiger partial charge in [0.1, 0.15) is 0 Å². The van der Waals surface area contributed by atoms with Gasteiger partial charge in [-0.05, 0) is 40.8 Å². The number of amides is 1. The largest absolute Gasteiger partial charge is 0.457 e. The van der Waals surface area contributed by atoms with Gasteiger partial charge in [-0.25, -0.2) is 0 Å². The van der Waals surface area contributed by atoms with Crippen LogP contribution in [0, 0.1) is 5.92 Å². The summed E-state index contributed by atoms with van der Waals surface area (Å²) in [5, 5.41) is 2.96. The Morgan fingerprint density at radius 2 is 2.36 bits per heavy atom. The van der Waals surface area contributed by atoms with Gasteiger partial charge >= 0.3 is 0 Å². The monoisotopic (exact) mass is 257 g/mol. The highest BCUT2D eigenvalue weighted by molar-refractivity contribution is 9.10. The summed E-state index contributed by atoms with van der Waals surface area (Å²) in [6.07, 6.45) is 3.67. The van der Waals surface area contributed by atoms with Gasteiger partial charge in [-0.3, -0.25) is 4.79 Å². The van der Waals surface area contributed by atoms with Gasteiger partial charge in [-0.2, -0.15) is 0 Å². The number of rotatable bonds is 2. The van der Waals surface area contributed by atoms with Crippen molar-refractivity contribution in [3.05, 3.63) is 22.6 Å². The Morgan fingerprint density at radius 3 is 2.86 bits per heavy atom. The highest BCUT2D eigenvalue weighted by atomic mass is 79.9. The number of carbonyl (C=O) groups is 1. The summed E-state index contributed by atoms with van der Waals surface area (Å²) in [6.45, 7) is 2.19. The maximum absolute atomic E-state index is 11.6. The molecule has 2 rings (SSSR count). The van der Waals surface area contributed by atoms with Crippen molar-refractivity contribution in [3.8, 4) is 0 Å². The second-order valence-electron chi connectivity index (χ2n) is 3.85. The first-order valence-electron chi connectivity index (χ1n) is 4.70. The van der Waals surface area contributed by atoms with Crippen molar-refractivity contribution in [3.63, 3.8) is 0 Å². The molecule has 1 N–H and O–H groups in total. The smallest absolute Gasteiger partial charge is 0.255 e. The van der Waals surface area contributed by atoms with Crippen LogP contribution in [-0.4, -0.2) is 11.9 Å². The zero-order chi connectivity index (χ0) is 10.1. The van der Waals surface area contributed by atoms with E-state index in [1.807, 2.05) is 0 Å². The lowest BCUT2D eigenvalue weighted by molar-refractivity contribution is 0.0894. The van der Waals surface area contributed by atoms with Crippen LogP contribution >= 0.6 is 15.9 Å². The molecule has 14 heavy (non-hydrogen) atoms. The van der Waals surface area contributed by atoms with Gasteiger partial charge in [0.25, 0.3) is 5.91 Å². The molecule has 1 saturated carbocycles. The fourth-order valence-electron chi connectivity index (χ4n) is 1.74. The summed E-state index contributed by atoms with van der Waals surface area (Å²) >= 11 is 3.18. The van der Waals surface area contributed by atoms with E-state index in [2.05, 4.69) is 28.2 Å². The van der Waals surface area contributed by atoms with Crippen molar-refractivity contribution in [2.24, 2.45) is 5.92 Å². The normalized spacial score (nSPS) is 25.6. The van der Waals surface area contributed by atoms with Crippen LogP contribution in [0.25, 0.3) is 0 Å². The first-order chi connectivity index (χ1) is 6.66. The Hall–Kier alpha value is -0.770. The lowest BCUT2D eigenvalue weighted by Crippen LogP contribution is -2.43. The quantitative estimate of drug-likeness (QED) is 0.885. The standard InChI is InChI=1S/C10H12BrNO2/c1-6-4-7(5-6)12-10(13)8-2-3-14-9(8)11/h2-3,6-7H,4-5H2,1H3,(H,12,13). The van der Waals surface area contributed by atoms with E-state index >= 15 is 0 Å². The van der Waals surface area contributed by atoms with Crippen molar-refractivity contribution in [2.45, 2.75) is 25.8 Å². The third-order valence-electron chi connectivity index (χ3n) is 2.57. The van der Waals surface area contributed by atoms with Crippen molar-refractivity contribution < 1.29 is 9.21 Å². The second kappa shape index (κ2) is 3.77. The van der Waals surface area contributed by atoms with Crippen molar-refractivity contribution in [1.82, 2.24) is 5.32 Å². The molecule has 0 aliphatic heterocycles. The lowest BCUT2D eigenvalue weighted by Gasteiger charge is -2.33. The van der Waals surface area contributed by atoms with Crippen molar-refractivity contribution >= 4 is 21.8 Å². The second-order valence-corrected chi connectivity index (χ2v) is 4.58. The minimum atomic E-state index is -0.0532. The maximum atomic E-state index is 11.6. The average molecular weight is 258 g/mol. The van der Waals surface area contributed by atoms with E-state index < -0.39 is 0 Å². The molecule has 0 saturated heterocycles. The minimum absolute atomic E-state index is 0.0532. The zero-order valence-corrected chi connectivity index (χ0v) is 9.50. The maximum Gasteiger partial charge on any atom is 0.255 e. The zero-order valence-electron chi connectivity index (χ0n) is 7.92. The van der Waals surface area contributed by atoms with Crippen LogP contribution in [0.3, 0.4) is 0 Å². The molecule has 0 radical (unpaired) electrons. The third-order valence-corrected chi connectivity index (χ3v) is 3.19. The first-order valence-corrected chi connectivity index (χ1v) is 5.50. The molecule has 0 atom stereocenters. The molecule has 0 unspecified atom stereocenters. The summed E-state index contributed by atoms with van der Waals surface area (Å²) in [5.41, 5.74) is 0.574. The summed E-state index contributed by atoms with van der Waals surface area (Å²) < 4.78 is 5.50. The highest BCUT2D eigenvalue weighted by Gasteiger charge is 2.27. The third kappa shape index (κ3) is 1.85. The minimum Gasteiger partial charge on any atom is -0.457 e. The molecule has 1 aromatic heterocycles. The summed E-state index contributed by atoms with van der Waals surface area (Å²) in [4.78, 5) is 11.6. The Morgan fingerprint density at radius 1 is 1.64 bits per heavy atom. The molecule has 0 aromatic carbocycles. The highest BCUT2D eigenvalue weighted by Crippen LogP contribution is 2.27. The number of furan rings is 1. The van der Waals surface area contributed by atoms with Gasteiger partial charge in [0, 0.05) is 6.04 Å². The van der Waals surface area contributed by atoms with Crippen LogP contribution in [0.1, 0.15) is 30.1 Å². The molecule has 1 aliphatic carbocycles. The van der Waals surface area contributed by atoms with Gasteiger partial charge in [-0.15, -0.1) is 0 Å². The Kier molecular flexibility index (Phi) is 2.63. The van der Waals surface area contributed by atoms with Gasteiger partial charge in [0.15, 0.2) is 4.67 Å². The molecule has 3 nitrogen and oxygen atoms in total. The molecular weight excluding hydrogens is 246 g/mol. The van der Waals surface area contributed by atoms with E-state index in [0.717, 1.165) is 18.8 Å². The van der Waals surface area contributed by atoms with Crippen LogP contribution in [0.2, 0.25) is 0 Å². The van der Waals surface area contributed by atoms with Gasteiger partial charge in [-0.1, -0.05) is 6.92 Å². The fourth-order valence-corrected chi connectivity index (χ4v) is 2.16. The number of nitrogens with one attached hydrogen (secondary N) is 1. The molecule has 4 heteroatoms. The molecule has 0 bridgehead atoms. The molecule has 1 fully saturated rings. The fraction of sp³-hybridized carbons (Fsp3) is 0.500. The van der Waals surface area contributed by atoms with Gasteiger partial charge in [0.2, 0.25) is 0 Å². The molecule has 0 spiro atoms. The van der Waals surface area contributed by atoms with E-state index in [-0.39, 0.29) is 5.91 Å². The molecule has 1 aliphatic rings. The topological polar surface area (TPSA) is 42.2 Å². The molecule has 1 heterocycles. The van der Waals surface area contributed by atoms with E-state index in [1.165, 1.54) is 6.26 Å². The summed E-state index contributed by atoms with van der Waals surface area (Å²) in [5.74, 6) is 0.690. The van der Waals surface area contributed by atoms with E-state index in [0.29, 0.717) is 16.3 Å². The van der Waals surface area contributed by atoms with E-state index in [9.17, 15) is 4.79 Å². The number of halogens is 1. The Balaban J connectivity index is 1.93. The van der Waals surface area contributed by atoms with E-state index in [4.69, 9.17) is 4.42 Å². The van der Waals surface area contributed by atoms with Crippen LogP contribution in [0.5, 0.6) is 0 Å². The molecule has 1 amide bonds. The number of hydrogen-bond acceptors (Lipinski definition) is 2. The predicted molar refractivity (Wildman–Crippen MR) is 56.1 cm³/mol.